The average molecular weight is 220 g/mol. The van der Waals surface area contributed by atoms with Crippen LogP contribution in [0.2, 0.25) is 0 Å². The first kappa shape index (κ1) is 13.7. The van der Waals surface area contributed by atoms with Crippen LogP contribution in [0, 0.1) is 0 Å². The first-order valence-electron chi connectivity index (χ1n) is 5.08. The van der Waals surface area contributed by atoms with Crippen molar-refractivity contribution < 1.29 is 14.2 Å². The molecule has 0 aliphatic carbocycles. The number of unbranched alkanes of at least 4 members (excludes halogenated alkanes) is 1. The fourth-order valence-electron chi connectivity index (χ4n) is 0.759. The Bertz CT molecular complexity index is 148. The summed E-state index contributed by atoms with van der Waals surface area (Å²) in [7, 11) is 0. The van der Waals surface area contributed by atoms with Gasteiger partial charge in [0.15, 0.2) is 0 Å². The summed E-state index contributed by atoms with van der Waals surface area (Å²) in [5, 5.41) is 0.207. The number of rotatable bonds is 7. The Morgan fingerprint density at radius 1 is 1.21 bits per heavy atom. The zero-order valence-corrected chi connectivity index (χ0v) is 10.1. The molecule has 4 heteroatoms. The van der Waals surface area contributed by atoms with Crippen LogP contribution in [-0.4, -0.2) is 31.2 Å². The van der Waals surface area contributed by atoms with E-state index >= 15 is 0 Å². The van der Waals surface area contributed by atoms with Crippen LogP contribution < -0.4 is 0 Å². The predicted octanol–water partition coefficient (Wildman–Crippen LogP) is 2.53. The lowest BCUT2D eigenvalue weighted by atomic mass is 10.4. The summed E-state index contributed by atoms with van der Waals surface area (Å²) in [4.78, 5) is 0. The van der Waals surface area contributed by atoms with Crippen LogP contribution in [0.3, 0.4) is 0 Å². The van der Waals surface area contributed by atoms with Gasteiger partial charge >= 0.3 is 5.24 Å². The van der Waals surface area contributed by atoms with E-state index < -0.39 is 0 Å². The van der Waals surface area contributed by atoms with Crippen molar-refractivity contribution in [3.63, 3.8) is 0 Å². The molecule has 0 amide bonds. The van der Waals surface area contributed by atoms with Crippen LogP contribution in [0.25, 0.3) is 0 Å². The highest BCUT2D eigenvalue weighted by atomic mass is 32.1. The minimum Gasteiger partial charge on any atom is -0.454 e. The fourth-order valence-corrected chi connectivity index (χ4v) is 1.03. The van der Waals surface area contributed by atoms with Crippen LogP contribution in [0.4, 0.5) is 0 Å². The number of hydrogen-bond acceptors (Lipinski definition) is 4. The molecule has 0 aromatic heterocycles. The first-order valence-corrected chi connectivity index (χ1v) is 5.48. The Kier molecular flexibility index (Phi) is 8.98. The van der Waals surface area contributed by atoms with Crippen molar-refractivity contribution in [1.29, 1.82) is 0 Å². The molecule has 0 fully saturated rings. The van der Waals surface area contributed by atoms with E-state index in [1.807, 2.05) is 13.8 Å². The number of hydrogen-bond donors (Lipinski definition) is 0. The van der Waals surface area contributed by atoms with E-state index in [2.05, 4.69) is 6.92 Å². The van der Waals surface area contributed by atoms with Crippen LogP contribution in [-0.2, 0) is 14.2 Å². The second-order valence-corrected chi connectivity index (χ2v) is 3.56. The second-order valence-electron chi connectivity index (χ2n) is 3.23. The van der Waals surface area contributed by atoms with Gasteiger partial charge in [-0.25, -0.2) is 0 Å². The zero-order chi connectivity index (χ0) is 10.8. The molecule has 0 atom stereocenters. The molecule has 0 aliphatic heterocycles. The third-order valence-electron chi connectivity index (χ3n) is 1.42. The maximum atomic E-state index is 5.29. The van der Waals surface area contributed by atoms with E-state index in [-0.39, 0.29) is 11.3 Å². The highest BCUT2D eigenvalue weighted by molar-refractivity contribution is 7.79. The fraction of sp³-hybridized carbons (Fsp3) is 0.900. The van der Waals surface area contributed by atoms with E-state index in [1.54, 1.807) is 0 Å². The van der Waals surface area contributed by atoms with Crippen molar-refractivity contribution in [2.75, 3.05) is 19.8 Å². The Labute approximate surface area is 91.7 Å². The Morgan fingerprint density at radius 3 is 2.50 bits per heavy atom. The van der Waals surface area contributed by atoms with Crippen molar-refractivity contribution in [1.82, 2.24) is 0 Å². The average Bonchev–Trinajstić information content (AvgIpc) is 2.10. The van der Waals surface area contributed by atoms with Crippen molar-refractivity contribution in [3.05, 3.63) is 0 Å². The van der Waals surface area contributed by atoms with Gasteiger partial charge in [0.05, 0.1) is 12.7 Å². The van der Waals surface area contributed by atoms with E-state index in [1.165, 1.54) is 0 Å². The molecule has 84 valence electrons. The monoisotopic (exact) mass is 220 g/mol. The molecule has 0 aromatic rings. The lowest BCUT2D eigenvalue weighted by Crippen LogP contribution is -2.15. The normalized spacial score (nSPS) is 10.3. The van der Waals surface area contributed by atoms with Gasteiger partial charge in [0.1, 0.15) is 6.61 Å². The van der Waals surface area contributed by atoms with Gasteiger partial charge in [0.25, 0.3) is 0 Å². The van der Waals surface area contributed by atoms with Gasteiger partial charge in [-0.2, -0.15) is 0 Å². The van der Waals surface area contributed by atoms with Crippen LogP contribution in [0.15, 0.2) is 0 Å². The van der Waals surface area contributed by atoms with Crippen molar-refractivity contribution >= 4 is 17.5 Å². The minimum atomic E-state index is 0.0727. The number of thiocarbonyl (C=S) groups is 1. The molecular formula is C10H20O3S. The van der Waals surface area contributed by atoms with Gasteiger partial charge in [-0.1, -0.05) is 13.3 Å². The lowest BCUT2D eigenvalue weighted by molar-refractivity contribution is 0.0712. The Morgan fingerprint density at radius 2 is 1.93 bits per heavy atom. The highest BCUT2D eigenvalue weighted by Crippen LogP contribution is 1.94. The molecule has 0 rings (SSSR count). The second kappa shape index (κ2) is 9.21. The van der Waals surface area contributed by atoms with Crippen LogP contribution >= 0.6 is 12.2 Å². The summed E-state index contributed by atoms with van der Waals surface area (Å²) < 4.78 is 15.5. The van der Waals surface area contributed by atoms with Gasteiger partial charge in [-0.15, -0.1) is 0 Å². The zero-order valence-electron chi connectivity index (χ0n) is 9.25. The standard InChI is InChI=1S/C10H20O3S/c1-4-5-6-11-7-8-12-10(14)13-9(2)3/h9H,4-8H2,1-3H3. The third kappa shape index (κ3) is 9.74. The van der Waals surface area contributed by atoms with E-state index in [9.17, 15) is 0 Å². The van der Waals surface area contributed by atoms with Gasteiger partial charge in [0.2, 0.25) is 0 Å². The summed E-state index contributed by atoms with van der Waals surface area (Å²) in [5.41, 5.74) is 0. The van der Waals surface area contributed by atoms with E-state index in [4.69, 9.17) is 26.4 Å². The van der Waals surface area contributed by atoms with Crippen molar-refractivity contribution in [2.45, 2.75) is 39.7 Å². The Balaban J connectivity index is 3.15. The highest BCUT2D eigenvalue weighted by Gasteiger charge is 2.00. The molecule has 0 radical (unpaired) electrons. The molecule has 0 saturated carbocycles. The molecule has 0 spiro atoms. The summed E-state index contributed by atoms with van der Waals surface area (Å²) in [6.07, 6.45) is 2.31. The maximum absolute atomic E-state index is 5.29. The Hall–Kier alpha value is -0.350. The molecule has 0 aromatic carbocycles. The molecule has 0 bridgehead atoms. The van der Waals surface area contributed by atoms with Gasteiger partial charge in [-0.3, -0.25) is 0 Å². The third-order valence-corrected chi connectivity index (χ3v) is 1.64. The summed E-state index contributed by atoms with van der Waals surface area (Å²) in [5.74, 6) is 0. The quantitative estimate of drug-likeness (QED) is 0.487. The largest absolute Gasteiger partial charge is 0.454 e. The molecule has 0 saturated heterocycles. The summed E-state index contributed by atoms with van der Waals surface area (Å²) in [6, 6.07) is 0. The van der Waals surface area contributed by atoms with Gasteiger partial charge in [0, 0.05) is 18.8 Å². The number of ether oxygens (including phenoxy) is 3. The van der Waals surface area contributed by atoms with Gasteiger partial charge in [-0.05, 0) is 20.3 Å². The molecule has 0 N–H and O–H groups in total. The first-order chi connectivity index (χ1) is 6.66. The van der Waals surface area contributed by atoms with Crippen LogP contribution in [0.5, 0.6) is 0 Å². The van der Waals surface area contributed by atoms with Crippen molar-refractivity contribution in [2.24, 2.45) is 0 Å². The maximum Gasteiger partial charge on any atom is 0.352 e. The molecule has 14 heavy (non-hydrogen) atoms. The topological polar surface area (TPSA) is 27.7 Å². The van der Waals surface area contributed by atoms with E-state index in [0.717, 1.165) is 19.4 Å². The summed E-state index contributed by atoms with van der Waals surface area (Å²) in [6.45, 7) is 7.78. The molecular weight excluding hydrogens is 200 g/mol. The lowest BCUT2D eigenvalue weighted by Gasteiger charge is -2.11. The SMILES string of the molecule is CCCCOCCOC(=S)OC(C)C. The molecule has 0 unspecified atom stereocenters. The van der Waals surface area contributed by atoms with Crippen molar-refractivity contribution in [3.8, 4) is 0 Å². The van der Waals surface area contributed by atoms with Crippen LogP contribution in [0.1, 0.15) is 33.6 Å². The van der Waals surface area contributed by atoms with E-state index in [0.29, 0.717) is 13.2 Å². The molecule has 0 aliphatic rings. The van der Waals surface area contributed by atoms with Gasteiger partial charge < -0.3 is 14.2 Å². The molecule has 0 heterocycles. The molecule has 3 nitrogen and oxygen atoms in total. The summed E-state index contributed by atoms with van der Waals surface area (Å²) >= 11 is 4.83. The predicted molar refractivity (Wildman–Crippen MR) is 60.5 cm³/mol. The minimum absolute atomic E-state index is 0.0727. The smallest absolute Gasteiger partial charge is 0.352 e.